The van der Waals surface area contributed by atoms with E-state index in [9.17, 15) is 0 Å². The molecule has 2 fully saturated rings. The smallest absolute Gasteiger partial charge is 0.0732 e. The summed E-state index contributed by atoms with van der Waals surface area (Å²) in [4.78, 5) is 0. The van der Waals surface area contributed by atoms with Gasteiger partial charge in [0.15, 0.2) is 0 Å². The molecule has 1 spiro atoms. The molecule has 2 rings (SSSR count). The SMILES string of the molecule is CCCCNC1COC2(CCCCC2C(C)(C)C)C1. The van der Waals surface area contributed by atoms with Crippen molar-refractivity contribution in [2.24, 2.45) is 11.3 Å². The van der Waals surface area contributed by atoms with Crippen LogP contribution in [-0.2, 0) is 4.74 Å². The van der Waals surface area contributed by atoms with Gasteiger partial charge in [0.05, 0.1) is 12.2 Å². The molecule has 0 aromatic rings. The van der Waals surface area contributed by atoms with E-state index in [1.54, 1.807) is 0 Å². The fraction of sp³-hybridized carbons (Fsp3) is 1.00. The average Bonchev–Trinajstić information content (AvgIpc) is 2.72. The molecular formula is C17H33NO. The molecule has 0 radical (unpaired) electrons. The molecule has 0 aromatic heterocycles. The Balaban J connectivity index is 1.97. The van der Waals surface area contributed by atoms with Gasteiger partial charge in [-0.2, -0.15) is 0 Å². The van der Waals surface area contributed by atoms with E-state index < -0.39 is 0 Å². The van der Waals surface area contributed by atoms with Crippen molar-refractivity contribution < 1.29 is 4.74 Å². The highest BCUT2D eigenvalue weighted by Crippen LogP contribution is 2.50. The Bertz CT molecular complexity index is 283. The molecule has 2 heteroatoms. The van der Waals surface area contributed by atoms with Crippen molar-refractivity contribution in [1.29, 1.82) is 0 Å². The Hall–Kier alpha value is -0.0800. The maximum Gasteiger partial charge on any atom is 0.0732 e. The molecule has 2 nitrogen and oxygen atoms in total. The Kier molecular flexibility index (Phi) is 4.94. The first kappa shape index (κ1) is 15.3. The predicted octanol–water partition coefficient (Wildman–Crippen LogP) is 4.14. The standard InChI is InChI=1S/C17H33NO/c1-5-6-11-18-14-12-17(19-13-14)10-8-7-9-15(17)16(2,3)4/h14-15,18H,5-13H2,1-4H3. The van der Waals surface area contributed by atoms with Crippen LogP contribution < -0.4 is 5.32 Å². The number of hydrogen-bond acceptors (Lipinski definition) is 2. The third-order valence-corrected chi connectivity index (χ3v) is 5.15. The maximum absolute atomic E-state index is 6.40. The summed E-state index contributed by atoms with van der Waals surface area (Å²) in [5.41, 5.74) is 0.555. The van der Waals surface area contributed by atoms with E-state index in [0.717, 1.165) is 19.1 Å². The van der Waals surface area contributed by atoms with Crippen molar-refractivity contribution >= 4 is 0 Å². The van der Waals surface area contributed by atoms with E-state index in [-0.39, 0.29) is 5.60 Å². The molecule has 0 aromatic carbocycles. The molecule has 1 aliphatic carbocycles. The van der Waals surface area contributed by atoms with Gasteiger partial charge < -0.3 is 10.1 Å². The summed E-state index contributed by atoms with van der Waals surface area (Å²) in [6, 6.07) is 0.592. The third-order valence-electron chi connectivity index (χ3n) is 5.15. The topological polar surface area (TPSA) is 21.3 Å². The first-order chi connectivity index (χ1) is 8.98. The van der Waals surface area contributed by atoms with E-state index in [0.29, 0.717) is 11.5 Å². The van der Waals surface area contributed by atoms with Gasteiger partial charge >= 0.3 is 0 Å². The molecule has 0 amide bonds. The van der Waals surface area contributed by atoms with Crippen LogP contribution in [0.25, 0.3) is 0 Å². The fourth-order valence-corrected chi connectivity index (χ4v) is 4.26. The second-order valence-corrected chi connectivity index (χ2v) is 7.75. The van der Waals surface area contributed by atoms with Crippen molar-refractivity contribution in [2.45, 2.75) is 84.3 Å². The lowest BCUT2D eigenvalue weighted by Gasteiger charge is -2.47. The largest absolute Gasteiger partial charge is 0.373 e. The molecule has 2 aliphatic rings. The summed E-state index contributed by atoms with van der Waals surface area (Å²) < 4.78 is 6.40. The number of hydrogen-bond donors (Lipinski definition) is 1. The molecule has 1 saturated heterocycles. The van der Waals surface area contributed by atoms with Crippen molar-refractivity contribution in [1.82, 2.24) is 5.32 Å². The van der Waals surface area contributed by atoms with Crippen LogP contribution in [0.1, 0.15) is 72.6 Å². The monoisotopic (exact) mass is 267 g/mol. The van der Waals surface area contributed by atoms with E-state index in [1.807, 2.05) is 0 Å². The first-order valence-corrected chi connectivity index (χ1v) is 8.35. The molecule has 112 valence electrons. The van der Waals surface area contributed by atoms with Crippen LogP contribution in [0.4, 0.5) is 0 Å². The first-order valence-electron chi connectivity index (χ1n) is 8.35. The summed E-state index contributed by atoms with van der Waals surface area (Å²) >= 11 is 0. The Labute approximate surface area is 119 Å². The van der Waals surface area contributed by atoms with Crippen LogP contribution in [0, 0.1) is 11.3 Å². The second kappa shape index (κ2) is 6.13. The Morgan fingerprint density at radius 3 is 2.74 bits per heavy atom. The van der Waals surface area contributed by atoms with Crippen molar-refractivity contribution in [3.63, 3.8) is 0 Å². The predicted molar refractivity (Wildman–Crippen MR) is 81.4 cm³/mol. The lowest BCUT2D eigenvalue weighted by Crippen LogP contribution is -2.47. The average molecular weight is 267 g/mol. The fourth-order valence-electron chi connectivity index (χ4n) is 4.26. The minimum absolute atomic E-state index is 0.181. The van der Waals surface area contributed by atoms with Crippen LogP contribution in [0.3, 0.4) is 0 Å². The number of rotatable bonds is 4. The van der Waals surface area contributed by atoms with E-state index >= 15 is 0 Å². The molecule has 3 atom stereocenters. The summed E-state index contributed by atoms with van der Waals surface area (Å²) in [7, 11) is 0. The number of ether oxygens (including phenoxy) is 1. The van der Waals surface area contributed by atoms with E-state index in [4.69, 9.17) is 4.74 Å². The van der Waals surface area contributed by atoms with E-state index in [2.05, 4.69) is 33.0 Å². The van der Waals surface area contributed by atoms with Gasteiger partial charge in [-0.25, -0.2) is 0 Å². The van der Waals surface area contributed by atoms with Gasteiger partial charge in [-0.05, 0) is 43.6 Å². The highest BCUT2D eigenvalue weighted by atomic mass is 16.5. The molecule has 19 heavy (non-hydrogen) atoms. The minimum Gasteiger partial charge on any atom is -0.373 e. The molecule has 1 heterocycles. The lowest BCUT2D eigenvalue weighted by molar-refractivity contribution is -0.104. The summed E-state index contributed by atoms with van der Waals surface area (Å²) in [5.74, 6) is 0.728. The maximum atomic E-state index is 6.40. The minimum atomic E-state index is 0.181. The van der Waals surface area contributed by atoms with Crippen LogP contribution in [0.2, 0.25) is 0 Å². The highest BCUT2D eigenvalue weighted by Gasteiger charge is 2.51. The van der Waals surface area contributed by atoms with Gasteiger partial charge in [0.25, 0.3) is 0 Å². The van der Waals surface area contributed by atoms with Crippen LogP contribution in [0.15, 0.2) is 0 Å². The summed E-state index contributed by atoms with van der Waals surface area (Å²) in [6.07, 6.45) is 9.17. The van der Waals surface area contributed by atoms with Crippen molar-refractivity contribution in [3.8, 4) is 0 Å². The van der Waals surface area contributed by atoms with Crippen LogP contribution in [0.5, 0.6) is 0 Å². The summed E-state index contributed by atoms with van der Waals surface area (Å²) in [5, 5.41) is 3.70. The Morgan fingerprint density at radius 2 is 2.05 bits per heavy atom. The summed E-state index contributed by atoms with van der Waals surface area (Å²) in [6.45, 7) is 11.5. The zero-order chi connectivity index (χ0) is 13.9. The quantitative estimate of drug-likeness (QED) is 0.773. The van der Waals surface area contributed by atoms with Gasteiger partial charge in [-0.3, -0.25) is 0 Å². The van der Waals surface area contributed by atoms with E-state index in [1.165, 1.54) is 44.9 Å². The third kappa shape index (κ3) is 3.52. The second-order valence-electron chi connectivity index (χ2n) is 7.75. The molecular weight excluding hydrogens is 234 g/mol. The van der Waals surface area contributed by atoms with Gasteiger partial charge in [0, 0.05) is 6.04 Å². The van der Waals surface area contributed by atoms with Crippen molar-refractivity contribution in [3.05, 3.63) is 0 Å². The molecule has 1 N–H and O–H groups in total. The van der Waals surface area contributed by atoms with Crippen LogP contribution >= 0.6 is 0 Å². The van der Waals surface area contributed by atoms with Crippen molar-refractivity contribution in [2.75, 3.05) is 13.2 Å². The normalized spacial score (nSPS) is 36.0. The van der Waals surface area contributed by atoms with Gasteiger partial charge in [-0.15, -0.1) is 0 Å². The van der Waals surface area contributed by atoms with Gasteiger partial charge in [0.1, 0.15) is 0 Å². The zero-order valence-electron chi connectivity index (χ0n) is 13.4. The molecule has 1 aliphatic heterocycles. The number of nitrogens with one attached hydrogen (secondary N) is 1. The zero-order valence-corrected chi connectivity index (χ0v) is 13.4. The highest BCUT2D eigenvalue weighted by molar-refractivity contribution is 5.02. The molecule has 0 bridgehead atoms. The molecule has 1 saturated carbocycles. The van der Waals surface area contributed by atoms with Gasteiger partial charge in [0.2, 0.25) is 0 Å². The van der Waals surface area contributed by atoms with Crippen LogP contribution in [-0.4, -0.2) is 24.8 Å². The lowest BCUT2D eigenvalue weighted by atomic mass is 9.62. The molecule has 3 unspecified atom stereocenters. The Morgan fingerprint density at radius 1 is 1.26 bits per heavy atom. The number of unbranched alkanes of at least 4 members (excludes halogenated alkanes) is 1. The van der Waals surface area contributed by atoms with Gasteiger partial charge in [-0.1, -0.05) is 47.0 Å².